The molecule has 1 aromatic carbocycles. The van der Waals surface area contributed by atoms with E-state index in [-0.39, 0.29) is 18.3 Å². The minimum atomic E-state index is -0.298. The van der Waals surface area contributed by atoms with Crippen molar-refractivity contribution in [2.45, 2.75) is 20.4 Å². The minimum Gasteiger partial charge on any atom is -0.320 e. The zero-order chi connectivity index (χ0) is 15.0. The molecule has 0 saturated carbocycles. The molecule has 4 heteroatoms. The Bertz CT molecular complexity index is 537. The van der Waals surface area contributed by atoms with Gasteiger partial charge in [0.1, 0.15) is 5.82 Å². The number of hydrogen-bond acceptors (Lipinski definition) is 3. The SMILES string of the molecule is CCN(Cc1cc(F)cc(C#CCN)c1)CC(C)C#N. The van der Waals surface area contributed by atoms with Gasteiger partial charge in [-0.25, -0.2) is 4.39 Å². The molecule has 0 amide bonds. The van der Waals surface area contributed by atoms with Gasteiger partial charge >= 0.3 is 0 Å². The Morgan fingerprint density at radius 1 is 1.40 bits per heavy atom. The van der Waals surface area contributed by atoms with Gasteiger partial charge in [0, 0.05) is 18.7 Å². The van der Waals surface area contributed by atoms with Crippen molar-refractivity contribution in [3.05, 3.63) is 35.1 Å². The molecule has 0 aliphatic heterocycles. The molecule has 0 spiro atoms. The molecule has 1 unspecified atom stereocenters. The van der Waals surface area contributed by atoms with Crippen LogP contribution in [0.2, 0.25) is 0 Å². The molecule has 1 rings (SSSR count). The van der Waals surface area contributed by atoms with Crippen LogP contribution in [-0.4, -0.2) is 24.5 Å². The van der Waals surface area contributed by atoms with E-state index in [0.717, 1.165) is 12.1 Å². The Labute approximate surface area is 120 Å². The summed E-state index contributed by atoms with van der Waals surface area (Å²) in [5, 5.41) is 8.86. The van der Waals surface area contributed by atoms with Crippen LogP contribution in [0.5, 0.6) is 0 Å². The Hall–Kier alpha value is -1.88. The molecule has 1 aromatic rings. The standard InChI is InChI=1S/C16H20FN3/c1-3-20(11-13(2)10-19)12-15-7-14(5-4-6-18)8-16(17)9-15/h7-9,13H,3,6,11-12,18H2,1-2H3. The molecule has 106 valence electrons. The first-order valence-electron chi connectivity index (χ1n) is 6.69. The number of benzene rings is 1. The fourth-order valence-electron chi connectivity index (χ4n) is 1.96. The van der Waals surface area contributed by atoms with Crippen LogP contribution in [0.1, 0.15) is 25.0 Å². The molecule has 0 aromatic heterocycles. The summed E-state index contributed by atoms with van der Waals surface area (Å²) in [6.45, 7) is 6.26. The van der Waals surface area contributed by atoms with Crippen LogP contribution in [0, 0.1) is 34.9 Å². The van der Waals surface area contributed by atoms with Crippen molar-refractivity contribution in [1.82, 2.24) is 4.90 Å². The van der Waals surface area contributed by atoms with Crippen LogP contribution >= 0.6 is 0 Å². The highest BCUT2D eigenvalue weighted by atomic mass is 19.1. The van der Waals surface area contributed by atoms with Gasteiger partial charge in [-0.05, 0) is 37.2 Å². The number of halogens is 1. The Morgan fingerprint density at radius 2 is 2.15 bits per heavy atom. The molecular weight excluding hydrogens is 253 g/mol. The predicted octanol–water partition coefficient (Wildman–Crippen LogP) is 2.12. The van der Waals surface area contributed by atoms with Crippen molar-refractivity contribution in [2.24, 2.45) is 11.7 Å². The van der Waals surface area contributed by atoms with Crippen LogP contribution in [0.15, 0.2) is 18.2 Å². The molecule has 0 aliphatic rings. The molecule has 1 atom stereocenters. The average molecular weight is 273 g/mol. The van der Waals surface area contributed by atoms with Gasteiger partial charge in [0.2, 0.25) is 0 Å². The minimum absolute atomic E-state index is 0.0417. The van der Waals surface area contributed by atoms with E-state index < -0.39 is 0 Å². The van der Waals surface area contributed by atoms with Crippen LogP contribution < -0.4 is 5.73 Å². The lowest BCUT2D eigenvalue weighted by Gasteiger charge is -2.21. The molecule has 0 saturated heterocycles. The van der Waals surface area contributed by atoms with Gasteiger partial charge in [0.15, 0.2) is 0 Å². The first-order valence-corrected chi connectivity index (χ1v) is 6.69. The van der Waals surface area contributed by atoms with E-state index in [4.69, 9.17) is 11.0 Å². The molecular formula is C16H20FN3. The number of nitrogens with zero attached hydrogens (tertiary/aromatic N) is 2. The second-order valence-electron chi connectivity index (χ2n) is 4.71. The van der Waals surface area contributed by atoms with E-state index in [2.05, 4.69) is 22.8 Å². The lowest BCUT2D eigenvalue weighted by atomic mass is 10.1. The lowest BCUT2D eigenvalue weighted by molar-refractivity contribution is 0.260. The van der Waals surface area contributed by atoms with Gasteiger partial charge in [-0.1, -0.05) is 18.8 Å². The highest BCUT2D eigenvalue weighted by Gasteiger charge is 2.09. The zero-order valence-electron chi connectivity index (χ0n) is 12.0. The highest BCUT2D eigenvalue weighted by Crippen LogP contribution is 2.12. The van der Waals surface area contributed by atoms with Crippen LogP contribution in [-0.2, 0) is 6.54 Å². The van der Waals surface area contributed by atoms with Crippen LogP contribution in [0.25, 0.3) is 0 Å². The fourth-order valence-corrected chi connectivity index (χ4v) is 1.96. The number of hydrogen-bond donors (Lipinski definition) is 1. The number of rotatable bonds is 5. The van der Waals surface area contributed by atoms with Gasteiger partial charge in [-0.2, -0.15) is 5.26 Å². The van der Waals surface area contributed by atoms with Crippen molar-refractivity contribution in [3.8, 4) is 17.9 Å². The van der Waals surface area contributed by atoms with E-state index in [1.54, 1.807) is 0 Å². The summed E-state index contributed by atoms with van der Waals surface area (Å²) >= 11 is 0. The van der Waals surface area contributed by atoms with Crippen molar-refractivity contribution < 1.29 is 4.39 Å². The monoisotopic (exact) mass is 273 g/mol. The normalized spacial score (nSPS) is 11.6. The van der Waals surface area contributed by atoms with Gasteiger partial charge in [0.25, 0.3) is 0 Å². The molecule has 0 bridgehead atoms. The smallest absolute Gasteiger partial charge is 0.124 e. The zero-order valence-corrected chi connectivity index (χ0v) is 12.0. The molecule has 0 radical (unpaired) electrons. The summed E-state index contributed by atoms with van der Waals surface area (Å²) in [5.74, 6) is 5.23. The summed E-state index contributed by atoms with van der Waals surface area (Å²) in [5.41, 5.74) is 6.81. The largest absolute Gasteiger partial charge is 0.320 e. The Kier molecular flexibility index (Phi) is 6.73. The van der Waals surface area contributed by atoms with E-state index in [9.17, 15) is 4.39 Å². The maximum Gasteiger partial charge on any atom is 0.124 e. The molecule has 0 fully saturated rings. The van der Waals surface area contributed by atoms with E-state index in [0.29, 0.717) is 18.7 Å². The predicted molar refractivity (Wildman–Crippen MR) is 78.1 cm³/mol. The molecule has 20 heavy (non-hydrogen) atoms. The molecule has 2 N–H and O–H groups in total. The summed E-state index contributed by atoms with van der Waals surface area (Å²) in [6, 6.07) is 6.99. The topological polar surface area (TPSA) is 53.0 Å². The van der Waals surface area contributed by atoms with Crippen LogP contribution in [0.3, 0.4) is 0 Å². The first kappa shape index (κ1) is 16.2. The average Bonchev–Trinajstić information content (AvgIpc) is 2.43. The van der Waals surface area contributed by atoms with Crippen molar-refractivity contribution >= 4 is 0 Å². The second kappa shape index (κ2) is 8.32. The van der Waals surface area contributed by atoms with Gasteiger partial charge < -0.3 is 5.73 Å². The molecule has 3 nitrogen and oxygen atoms in total. The Balaban J connectivity index is 2.85. The fraction of sp³-hybridized carbons (Fsp3) is 0.438. The van der Waals surface area contributed by atoms with E-state index in [1.165, 1.54) is 12.1 Å². The summed E-state index contributed by atoms with van der Waals surface area (Å²) in [7, 11) is 0. The van der Waals surface area contributed by atoms with Crippen molar-refractivity contribution in [1.29, 1.82) is 5.26 Å². The van der Waals surface area contributed by atoms with E-state index in [1.807, 2.05) is 19.9 Å². The maximum absolute atomic E-state index is 13.6. The Morgan fingerprint density at radius 3 is 2.75 bits per heavy atom. The maximum atomic E-state index is 13.6. The summed E-state index contributed by atoms with van der Waals surface area (Å²) < 4.78 is 13.6. The first-order chi connectivity index (χ1) is 9.58. The van der Waals surface area contributed by atoms with Crippen molar-refractivity contribution in [3.63, 3.8) is 0 Å². The second-order valence-corrected chi connectivity index (χ2v) is 4.71. The number of nitrogens with two attached hydrogens (primary N) is 1. The summed E-state index contributed by atoms with van der Waals surface area (Å²) in [6.07, 6.45) is 0. The van der Waals surface area contributed by atoms with Gasteiger partial charge in [-0.3, -0.25) is 4.90 Å². The number of nitriles is 1. The van der Waals surface area contributed by atoms with E-state index >= 15 is 0 Å². The third kappa shape index (κ3) is 5.40. The third-order valence-electron chi connectivity index (χ3n) is 2.90. The summed E-state index contributed by atoms with van der Waals surface area (Å²) in [4.78, 5) is 2.11. The highest BCUT2D eigenvalue weighted by molar-refractivity contribution is 5.38. The molecule has 0 heterocycles. The van der Waals surface area contributed by atoms with Crippen LogP contribution in [0.4, 0.5) is 4.39 Å². The lowest BCUT2D eigenvalue weighted by Crippen LogP contribution is -2.27. The van der Waals surface area contributed by atoms with Crippen molar-refractivity contribution in [2.75, 3.05) is 19.6 Å². The quantitative estimate of drug-likeness (QED) is 0.836. The van der Waals surface area contributed by atoms with Gasteiger partial charge in [0.05, 0.1) is 18.5 Å². The molecule has 0 aliphatic carbocycles. The third-order valence-corrected chi connectivity index (χ3v) is 2.90. The van der Waals surface area contributed by atoms with Gasteiger partial charge in [-0.15, -0.1) is 0 Å².